The molecule has 0 saturated carbocycles. The predicted molar refractivity (Wildman–Crippen MR) is 66.8 cm³/mol. The van der Waals surface area contributed by atoms with Gasteiger partial charge in [-0.3, -0.25) is 14.5 Å². The molecule has 2 amide bonds. The van der Waals surface area contributed by atoms with E-state index in [2.05, 4.69) is 0 Å². The number of piperidine rings is 1. The number of hydrogen-bond donors (Lipinski definition) is 0. The number of carbonyl (C=O) groups excluding carboxylic acids is 2. The van der Waals surface area contributed by atoms with E-state index in [4.69, 9.17) is 10.5 Å². The summed E-state index contributed by atoms with van der Waals surface area (Å²) in [5.41, 5.74) is 0.758. The van der Waals surface area contributed by atoms with E-state index in [-0.39, 0.29) is 28.9 Å². The van der Waals surface area contributed by atoms with Gasteiger partial charge < -0.3 is 0 Å². The molecular weight excluding hydrogens is 242 g/mol. The van der Waals surface area contributed by atoms with Crippen molar-refractivity contribution in [1.82, 2.24) is 0 Å². The molecule has 1 aromatic carbocycles. The van der Waals surface area contributed by atoms with Crippen molar-refractivity contribution in [2.24, 2.45) is 5.92 Å². The van der Waals surface area contributed by atoms with Gasteiger partial charge in [0.1, 0.15) is 12.1 Å². The zero-order valence-electron chi connectivity index (χ0n) is 10.4. The molecule has 1 aliphatic heterocycles. The summed E-state index contributed by atoms with van der Waals surface area (Å²) in [7, 11) is 0. The summed E-state index contributed by atoms with van der Waals surface area (Å²) in [5.74, 6) is -0.486. The molecule has 0 bridgehead atoms. The molecule has 1 fully saturated rings. The molecular formula is C14H11N3O2. The van der Waals surface area contributed by atoms with Gasteiger partial charge in [-0.25, -0.2) is 0 Å². The number of nitriles is 2. The van der Waals surface area contributed by atoms with Gasteiger partial charge in [-0.2, -0.15) is 10.5 Å². The summed E-state index contributed by atoms with van der Waals surface area (Å²) in [5, 5.41) is 17.8. The van der Waals surface area contributed by atoms with E-state index >= 15 is 0 Å². The summed E-state index contributed by atoms with van der Waals surface area (Å²) in [6.07, 6.45) is 0.626. The molecule has 0 N–H and O–H groups in total. The van der Waals surface area contributed by atoms with Gasteiger partial charge in [-0.1, -0.05) is 6.92 Å². The number of rotatable bonds is 1. The molecule has 2 rings (SSSR count). The van der Waals surface area contributed by atoms with Gasteiger partial charge >= 0.3 is 0 Å². The summed E-state index contributed by atoms with van der Waals surface area (Å²) >= 11 is 0. The van der Waals surface area contributed by atoms with Crippen LogP contribution in [0, 0.1) is 28.6 Å². The van der Waals surface area contributed by atoms with E-state index in [0.29, 0.717) is 18.5 Å². The van der Waals surface area contributed by atoms with E-state index in [1.54, 1.807) is 0 Å². The third kappa shape index (κ3) is 2.31. The molecule has 5 heteroatoms. The van der Waals surface area contributed by atoms with Gasteiger partial charge in [0.15, 0.2) is 0 Å². The fourth-order valence-corrected chi connectivity index (χ4v) is 2.14. The van der Waals surface area contributed by atoms with Crippen LogP contribution in [-0.4, -0.2) is 11.8 Å². The van der Waals surface area contributed by atoms with Crippen LogP contribution in [0.15, 0.2) is 18.2 Å². The molecule has 94 valence electrons. The monoisotopic (exact) mass is 253 g/mol. The fraction of sp³-hybridized carbons (Fsp3) is 0.286. The highest BCUT2D eigenvalue weighted by atomic mass is 16.2. The normalized spacial score (nSPS) is 16.1. The molecule has 0 radical (unpaired) electrons. The quantitative estimate of drug-likeness (QED) is 0.713. The first-order chi connectivity index (χ1) is 9.06. The molecule has 19 heavy (non-hydrogen) atoms. The standard InChI is InChI=1S/C14H11N3O2/c1-9-4-13(18)17(14(19)5-9)12-3-2-10(7-15)11(6-12)8-16/h2-3,6,9H,4-5H2,1H3. The van der Waals surface area contributed by atoms with Crippen LogP contribution in [0.1, 0.15) is 30.9 Å². The maximum atomic E-state index is 11.9. The Hall–Kier alpha value is -2.66. The van der Waals surface area contributed by atoms with Gasteiger partial charge in [0.25, 0.3) is 0 Å². The molecule has 0 aromatic heterocycles. The number of anilines is 1. The van der Waals surface area contributed by atoms with E-state index < -0.39 is 0 Å². The average Bonchev–Trinajstić information content (AvgIpc) is 2.37. The Morgan fingerprint density at radius 1 is 1.11 bits per heavy atom. The molecule has 1 heterocycles. The van der Waals surface area contributed by atoms with Crippen molar-refractivity contribution < 1.29 is 9.59 Å². The van der Waals surface area contributed by atoms with Crippen LogP contribution in [0.5, 0.6) is 0 Å². The summed E-state index contributed by atoms with van der Waals surface area (Å²) in [4.78, 5) is 25.0. The van der Waals surface area contributed by atoms with Crippen LogP contribution < -0.4 is 4.90 Å². The first kappa shape index (κ1) is 12.8. The minimum absolute atomic E-state index is 0.0464. The first-order valence-electron chi connectivity index (χ1n) is 5.87. The Bertz CT molecular complexity index is 619. The predicted octanol–water partition coefficient (Wildman–Crippen LogP) is 1.72. The minimum Gasteiger partial charge on any atom is -0.274 e. The Labute approximate surface area is 110 Å². The Kier molecular flexibility index (Phi) is 3.31. The number of carbonyl (C=O) groups is 2. The first-order valence-corrected chi connectivity index (χ1v) is 5.87. The summed E-state index contributed by atoms with van der Waals surface area (Å²) < 4.78 is 0. The van der Waals surface area contributed by atoms with Crippen molar-refractivity contribution in [3.8, 4) is 12.1 Å². The third-order valence-corrected chi connectivity index (χ3v) is 3.05. The molecule has 1 saturated heterocycles. The Morgan fingerprint density at radius 2 is 1.68 bits per heavy atom. The van der Waals surface area contributed by atoms with Crippen LogP contribution in [0.4, 0.5) is 5.69 Å². The third-order valence-electron chi connectivity index (χ3n) is 3.05. The van der Waals surface area contributed by atoms with E-state index in [9.17, 15) is 9.59 Å². The SMILES string of the molecule is CC1CC(=O)N(c2ccc(C#N)c(C#N)c2)C(=O)C1. The lowest BCUT2D eigenvalue weighted by molar-refractivity contribution is -0.130. The van der Waals surface area contributed by atoms with Gasteiger partial charge in [0, 0.05) is 12.8 Å². The van der Waals surface area contributed by atoms with Crippen LogP contribution in [0.2, 0.25) is 0 Å². The largest absolute Gasteiger partial charge is 0.274 e. The second kappa shape index (κ2) is 4.91. The number of nitrogens with zero attached hydrogens (tertiary/aromatic N) is 3. The number of amides is 2. The molecule has 0 spiro atoms. The highest BCUT2D eigenvalue weighted by Crippen LogP contribution is 2.26. The van der Waals surface area contributed by atoms with Crippen molar-refractivity contribution in [1.29, 1.82) is 10.5 Å². The van der Waals surface area contributed by atoms with Gasteiger partial charge in [0.05, 0.1) is 16.8 Å². The van der Waals surface area contributed by atoms with Crippen LogP contribution in [-0.2, 0) is 9.59 Å². The highest BCUT2D eigenvalue weighted by Gasteiger charge is 2.31. The van der Waals surface area contributed by atoms with Crippen molar-refractivity contribution in [3.05, 3.63) is 29.3 Å². The topological polar surface area (TPSA) is 85.0 Å². The molecule has 0 unspecified atom stereocenters. The van der Waals surface area contributed by atoms with Crippen LogP contribution in [0.3, 0.4) is 0 Å². The minimum atomic E-state index is -0.266. The maximum absolute atomic E-state index is 11.9. The van der Waals surface area contributed by atoms with Crippen molar-refractivity contribution in [3.63, 3.8) is 0 Å². The van der Waals surface area contributed by atoms with E-state index in [1.165, 1.54) is 18.2 Å². The molecule has 0 atom stereocenters. The zero-order chi connectivity index (χ0) is 14.0. The van der Waals surface area contributed by atoms with Gasteiger partial charge in [-0.05, 0) is 24.1 Å². The lowest BCUT2D eigenvalue weighted by Crippen LogP contribution is -2.42. The van der Waals surface area contributed by atoms with Crippen molar-refractivity contribution in [2.45, 2.75) is 19.8 Å². The smallest absolute Gasteiger partial charge is 0.234 e. The van der Waals surface area contributed by atoms with Crippen LogP contribution >= 0.6 is 0 Å². The fourth-order valence-electron chi connectivity index (χ4n) is 2.14. The Balaban J connectivity index is 2.43. The maximum Gasteiger partial charge on any atom is 0.234 e. The number of benzene rings is 1. The van der Waals surface area contributed by atoms with E-state index in [0.717, 1.165) is 4.90 Å². The van der Waals surface area contributed by atoms with Crippen molar-refractivity contribution >= 4 is 17.5 Å². The van der Waals surface area contributed by atoms with Crippen LogP contribution in [0.25, 0.3) is 0 Å². The lowest BCUT2D eigenvalue weighted by Gasteiger charge is -2.28. The average molecular weight is 253 g/mol. The molecule has 1 aromatic rings. The summed E-state index contributed by atoms with van der Waals surface area (Å²) in [6, 6.07) is 8.16. The molecule has 0 aliphatic carbocycles. The number of imide groups is 1. The zero-order valence-corrected chi connectivity index (χ0v) is 10.4. The van der Waals surface area contributed by atoms with Gasteiger partial charge in [0.2, 0.25) is 11.8 Å². The second-order valence-corrected chi connectivity index (χ2v) is 4.59. The number of hydrogen-bond acceptors (Lipinski definition) is 4. The van der Waals surface area contributed by atoms with Gasteiger partial charge in [-0.15, -0.1) is 0 Å². The highest BCUT2D eigenvalue weighted by molar-refractivity contribution is 6.16. The lowest BCUT2D eigenvalue weighted by atomic mass is 9.97. The molecule has 5 nitrogen and oxygen atoms in total. The molecule has 1 aliphatic rings. The summed E-state index contributed by atoms with van der Waals surface area (Å²) in [6.45, 7) is 1.85. The van der Waals surface area contributed by atoms with E-state index in [1.807, 2.05) is 19.1 Å². The Morgan fingerprint density at radius 3 is 2.21 bits per heavy atom. The second-order valence-electron chi connectivity index (χ2n) is 4.59. The van der Waals surface area contributed by atoms with Crippen molar-refractivity contribution in [2.75, 3.05) is 4.90 Å².